The molecule has 0 N–H and O–H groups in total. The molecule has 0 atom stereocenters. The second kappa shape index (κ2) is 5.58. The van der Waals surface area contributed by atoms with Gasteiger partial charge in [0.2, 0.25) is 0 Å². The predicted molar refractivity (Wildman–Crippen MR) is 70.3 cm³/mol. The molecule has 0 saturated heterocycles. The number of aromatic nitrogens is 1. The van der Waals surface area contributed by atoms with E-state index in [4.69, 9.17) is 23.2 Å². The van der Waals surface area contributed by atoms with Crippen molar-refractivity contribution in [1.29, 1.82) is 0 Å². The zero-order valence-electron chi connectivity index (χ0n) is 8.36. The van der Waals surface area contributed by atoms with E-state index in [-0.39, 0.29) is 0 Å². The molecule has 1 aromatic carbocycles. The lowest BCUT2D eigenvalue weighted by Crippen LogP contribution is -1.83. The molecule has 16 heavy (non-hydrogen) atoms. The first kappa shape index (κ1) is 11.8. The number of halogens is 2. The van der Waals surface area contributed by atoms with Crippen molar-refractivity contribution >= 4 is 35.0 Å². The number of hydrogen-bond acceptors (Lipinski definition) is 2. The molecule has 4 heteroatoms. The van der Waals surface area contributed by atoms with Gasteiger partial charge in [-0.15, -0.1) is 11.8 Å². The lowest BCUT2D eigenvalue weighted by atomic mass is 10.2. The van der Waals surface area contributed by atoms with E-state index in [1.54, 1.807) is 18.0 Å². The summed E-state index contributed by atoms with van der Waals surface area (Å²) in [6.07, 6.45) is 1.79. The monoisotopic (exact) mass is 269 g/mol. The first-order chi connectivity index (χ1) is 7.75. The minimum atomic E-state index is 0.591. The highest BCUT2D eigenvalue weighted by molar-refractivity contribution is 7.98. The number of thioether (sulfide) groups is 1. The van der Waals surface area contributed by atoms with Crippen LogP contribution in [0.25, 0.3) is 0 Å². The number of hydrogen-bond donors (Lipinski definition) is 0. The smallest absolute Gasteiger partial charge is 0.0963 e. The van der Waals surface area contributed by atoms with Crippen molar-refractivity contribution in [1.82, 2.24) is 4.98 Å². The number of nitrogens with zero attached hydrogens (tertiary/aromatic N) is 1. The molecule has 0 unspecified atom stereocenters. The molecule has 0 saturated carbocycles. The molecule has 0 fully saturated rings. The molecule has 0 aliphatic carbocycles. The lowest BCUT2D eigenvalue weighted by Gasteiger charge is -2.02. The van der Waals surface area contributed by atoms with Crippen LogP contribution in [0, 0.1) is 0 Å². The fourth-order valence-corrected chi connectivity index (χ4v) is 2.34. The van der Waals surface area contributed by atoms with Crippen LogP contribution >= 0.6 is 35.0 Å². The first-order valence-electron chi connectivity index (χ1n) is 4.73. The Morgan fingerprint density at radius 2 is 1.94 bits per heavy atom. The molecule has 82 valence electrons. The van der Waals surface area contributed by atoms with Crippen molar-refractivity contribution in [2.45, 2.75) is 10.8 Å². The van der Waals surface area contributed by atoms with Gasteiger partial charge in [-0.25, -0.2) is 4.98 Å². The van der Waals surface area contributed by atoms with Crippen LogP contribution < -0.4 is 0 Å². The SMILES string of the molecule is Clc1ccc(CSc2ccccn2)cc1Cl. The summed E-state index contributed by atoms with van der Waals surface area (Å²) in [4.78, 5) is 4.24. The molecule has 1 heterocycles. The Morgan fingerprint density at radius 3 is 2.62 bits per heavy atom. The Morgan fingerprint density at radius 1 is 1.06 bits per heavy atom. The van der Waals surface area contributed by atoms with Crippen molar-refractivity contribution < 1.29 is 0 Å². The Kier molecular flexibility index (Phi) is 4.10. The lowest BCUT2D eigenvalue weighted by molar-refractivity contribution is 1.13. The average molecular weight is 270 g/mol. The van der Waals surface area contributed by atoms with Gasteiger partial charge in [-0.3, -0.25) is 0 Å². The van der Waals surface area contributed by atoms with Gasteiger partial charge in [-0.1, -0.05) is 35.3 Å². The van der Waals surface area contributed by atoms with Gasteiger partial charge in [0.05, 0.1) is 15.1 Å². The summed E-state index contributed by atoms with van der Waals surface area (Å²) in [5.74, 6) is 0.841. The van der Waals surface area contributed by atoms with Gasteiger partial charge in [0.25, 0.3) is 0 Å². The third kappa shape index (κ3) is 3.14. The van der Waals surface area contributed by atoms with Crippen molar-refractivity contribution in [2.75, 3.05) is 0 Å². The van der Waals surface area contributed by atoms with Crippen LogP contribution in [0.3, 0.4) is 0 Å². The van der Waals surface area contributed by atoms with Gasteiger partial charge >= 0.3 is 0 Å². The van der Waals surface area contributed by atoms with Crippen LogP contribution in [0.4, 0.5) is 0 Å². The minimum absolute atomic E-state index is 0.591. The molecule has 2 aromatic rings. The molecule has 0 bridgehead atoms. The summed E-state index contributed by atoms with van der Waals surface area (Å²) in [7, 11) is 0. The number of pyridine rings is 1. The standard InChI is InChI=1S/C12H9Cl2NS/c13-10-5-4-9(7-11(10)14)8-16-12-3-1-2-6-15-12/h1-7H,8H2. The maximum Gasteiger partial charge on any atom is 0.0963 e. The van der Waals surface area contributed by atoms with Crippen LogP contribution in [0.2, 0.25) is 10.0 Å². The van der Waals surface area contributed by atoms with E-state index >= 15 is 0 Å². The highest BCUT2D eigenvalue weighted by atomic mass is 35.5. The number of rotatable bonds is 3. The van der Waals surface area contributed by atoms with Gasteiger partial charge in [0.15, 0.2) is 0 Å². The maximum atomic E-state index is 5.94. The Balaban J connectivity index is 2.03. The van der Waals surface area contributed by atoms with Crippen LogP contribution in [0.15, 0.2) is 47.6 Å². The van der Waals surface area contributed by atoms with E-state index in [0.29, 0.717) is 10.0 Å². The molecule has 1 aromatic heterocycles. The Hall–Kier alpha value is -0.700. The summed E-state index contributed by atoms with van der Waals surface area (Å²) in [5, 5.41) is 2.20. The summed E-state index contributed by atoms with van der Waals surface area (Å²) in [5.41, 5.74) is 1.14. The van der Waals surface area contributed by atoms with Gasteiger partial charge in [0.1, 0.15) is 0 Å². The molecule has 0 radical (unpaired) electrons. The first-order valence-corrected chi connectivity index (χ1v) is 6.47. The van der Waals surface area contributed by atoms with Crippen LogP contribution in [-0.4, -0.2) is 4.98 Å². The van der Waals surface area contributed by atoms with Crippen molar-refractivity contribution in [3.05, 3.63) is 58.2 Å². The molecular weight excluding hydrogens is 261 g/mol. The van der Waals surface area contributed by atoms with E-state index in [1.165, 1.54) is 0 Å². The fraction of sp³-hybridized carbons (Fsp3) is 0.0833. The third-order valence-corrected chi connectivity index (χ3v) is 3.76. The normalized spacial score (nSPS) is 10.4. The van der Waals surface area contributed by atoms with Gasteiger partial charge in [-0.05, 0) is 29.8 Å². The Bertz CT molecular complexity index is 474. The summed E-state index contributed by atoms with van der Waals surface area (Å²) in [6, 6.07) is 11.6. The highest BCUT2D eigenvalue weighted by Gasteiger charge is 2.00. The minimum Gasteiger partial charge on any atom is -0.250 e. The fourth-order valence-electron chi connectivity index (χ4n) is 1.22. The van der Waals surface area contributed by atoms with Crippen molar-refractivity contribution in [3.8, 4) is 0 Å². The van der Waals surface area contributed by atoms with E-state index in [9.17, 15) is 0 Å². The molecule has 1 nitrogen and oxygen atoms in total. The van der Waals surface area contributed by atoms with E-state index in [1.807, 2.05) is 36.4 Å². The molecule has 2 rings (SSSR count). The molecule has 0 aliphatic rings. The Labute approximate surface area is 109 Å². The maximum absolute atomic E-state index is 5.94. The zero-order valence-corrected chi connectivity index (χ0v) is 10.7. The average Bonchev–Trinajstić information content (AvgIpc) is 2.32. The topological polar surface area (TPSA) is 12.9 Å². The predicted octanol–water partition coefficient (Wildman–Crippen LogP) is 4.68. The van der Waals surface area contributed by atoms with Crippen LogP contribution in [0.5, 0.6) is 0 Å². The molecule has 0 spiro atoms. The summed E-state index contributed by atoms with van der Waals surface area (Å²) >= 11 is 13.5. The van der Waals surface area contributed by atoms with Crippen LogP contribution in [0.1, 0.15) is 5.56 Å². The summed E-state index contributed by atoms with van der Waals surface area (Å²) < 4.78 is 0. The highest BCUT2D eigenvalue weighted by Crippen LogP contribution is 2.26. The van der Waals surface area contributed by atoms with Crippen molar-refractivity contribution in [3.63, 3.8) is 0 Å². The number of benzene rings is 1. The van der Waals surface area contributed by atoms with Gasteiger partial charge in [-0.2, -0.15) is 0 Å². The van der Waals surface area contributed by atoms with Crippen LogP contribution in [-0.2, 0) is 5.75 Å². The quantitative estimate of drug-likeness (QED) is 0.751. The zero-order chi connectivity index (χ0) is 11.4. The molecule has 0 aliphatic heterocycles. The molecular formula is C12H9Cl2NS. The van der Waals surface area contributed by atoms with E-state index in [2.05, 4.69) is 4.98 Å². The van der Waals surface area contributed by atoms with Gasteiger partial charge < -0.3 is 0 Å². The van der Waals surface area contributed by atoms with Crippen molar-refractivity contribution in [2.24, 2.45) is 0 Å². The van der Waals surface area contributed by atoms with E-state index in [0.717, 1.165) is 16.3 Å². The largest absolute Gasteiger partial charge is 0.250 e. The van der Waals surface area contributed by atoms with Gasteiger partial charge in [0, 0.05) is 11.9 Å². The summed E-state index contributed by atoms with van der Waals surface area (Å²) in [6.45, 7) is 0. The third-order valence-electron chi connectivity index (χ3n) is 2.01. The second-order valence-electron chi connectivity index (χ2n) is 3.21. The second-order valence-corrected chi connectivity index (χ2v) is 5.02. The van der Waals surface area contributed by atoms with E-state index < -0.39 is 0 Å². The molecule has 0 amide bonds.